The van der Waals surface area contributed by atoms with Crippen LogP contribution in [-0.2, 0) is 9.59 Å². The van der Waals surface area contributed by atoms with E-state index in [1.165, 1.54) is 23.1 Å². The first-order valence-corrected chi connectivity index (χ1v) is 12.5. The van der Waals surface area contributed by atoms with E-state index in [2.05, 4.69) is 0 Å². The van der Waals surface area contributed by atoms with Gasteiger partial charge in [-0.1, -0.05) is 36.4 Å². The molecule has 4 aromatic rings. The molecule has 1 aliphatic heterocycles. The minimum atomic E-state index is -1.03. The average Bonchev–Trinajstić information content (AvgIpc) is 3.19. The van der Waals surface area contributed by atoms with Gasteiger partial charge in [0.05, 0.1) is 17.7 Å². The highest BCUT2D eigenvalue weighted by molar-refractivity contribution is 6.51. The van der Waals surface area contributed by atoms with Gasteiger partial charge in [-0.2, -0.15) is 0 Å². The summed E-state index contributed by atoms with van der Waals surface area (Å²) in [4.78, 5) is 28.0. The second-order valence-corrected chi connectivity index (χ2v) is 9.33. The summed E-state index contributed by atoms with van der Waals surface area (Å²) in [5.41, 5.74) is 0.924. The Kier molecular flexibility index (Phi) is 7.14. The summed E-state index contributed by atoms with van der Waals surface area (Å²) >= 11 is 0. The van der Waals surface area contributed by atoms with Gasteiger partial charge >= 0.3 is 0 Å². The molecule has 39 heavy (non-hydrogen) atoms. The lowest BCUT2D eigenvalue weighted by Crippen LogP contribution is -2.29. The quantitative estimate of drug-likeness (QED) is 0.160. The van der Waals surface area contributed by atoms with Crippen molar-refractivity contribution < 1.29 is 28.6 Å². The Morgan fingerprint density at radius 2 is 1.51 bits per heavy atom. The minimum Gasteiger partial charge on any atom is -0.507 e. The molecular weight excluding hydrogens is 497 g/mol. The number of hydrogen-bond acceptors (Lipinski definition) is 5. The number of hydrogen-bond donors (Lipinski definition) is 1. The lowest BCUT2D eigenvalue weighted by molar-refractivity contribution is -0.132. The van der Waals surface area contributed by atoms with Gasteiger partial charge in [-0.15, -0.1) is 0 Å². The topological polar surface area (TPSA) is 76.1 Å². The van der Waals surface area contributed by atoms with Gasteiger partial charge in [0, 0.05) is 11.3 Å². The Morgan fingerprint density at radius 3 is 2.21 bits per heavy atom. The Morgan fingerprint density at radius 1 is 0.821 bits per heavy atom. The maximum Gasteiger partial charge on any atom is 0.300 e. The van der Waals surface area contributed by atoms with Crippen LogP contribution >= 0.6 is 0 Å². The second kappa shape index (κ2) is 10.8. The van der Waals surface area contributed by atoms with Crippen molar-refractivity contribution in [2.24, 2.45) is 0 Å². The molecule has 7 heteroatoms. The Balaban J connectivity index is 1.63. The first kappa shape index (κ1) is 25.7. The molecule has 1 atom stereocenters. The largest absolute Gasteiger partial charge is 0.507 e. The highest BCUT2D eigenvalue weighted by Gasteiger charge is 2.47. The van der Waals surface area contributed by atoms with Crippen LogP contribution < -0.4 is 14.4 Å². The van der Waals surface area contributed by atoms with Crippen LogP contribution in [0, 0.1) is 5.82 Å². The van der Waals surface area contributed by atoms with Crippen LogP contribution in [-0.4, -0.2) is 22.9 Å². The van der Waals surface area contributed by atoms with Crippen LogP contribution in [0.2, 0.25) is 0 Å². The van der Waals surface area contributed by atoms with Crippen molar-refractivity contribution in [3.63, 3.8) is 0 Å². The molecule has 1 N–H and O–H groups in total. The van der Waals surface area contributed by atoms with E-state index in [1.807, 2.05) is 32.0 Å². The van der Waals surface area contributed by atoms with E-state index in [9.17, 15) is 19.1 Å². The zero-order valence-electron chi connectivity index (χ0n) is 21.4. The normalized spacial score (nSPS) is 16.5. The van der Waals surface area contributed by atoms with Crippen LogP contribution in [0.1, 0.15) is 31.0 Å². The van der Waals surface area contributed by atoms with Gasteiger partial charge in [0.15, 0.2) is 0 Å². The molecule has 5 rings (SSSR count). The van der Waals surface area contributed by atoms with Gasteiger partial charge in [0.1, 0.15) is 28.8 Å². The lowest BCUT2D eigenvalue weighted by atomic mass is 9.95. The minimum absolute atomic E-state index is 0.0357. The van der Waals surface area contributed by atoms with Gasteiger partial charge < -0.3 is 14.6 Å². The number of para-hydroxylation sites is 1. The SMILES string of the molecule is CC(C)Oc1ccc(/C(O)=C2\C(=O)C(=O)N(c3cccc(F)c3)C2c2cccc(Oc3ccccc3)c2)cc1. The van der Waals surface area contributed by atoms with Gasteiger partial charge in [-0.05, 0) is 86.1 Å². The highest BCUT2D eigenvalue weighted by Crippen LogP contribution is 2.43. The summed E-state index contributed by atoms with van der Waals surface area (Å²) in [5.74, 6) is -0.974. The third-order valence-electron chi connectivity index (χ3n) is 6.18. The van der Waals surface area contributed by atoms with E-state index in [0.717, 1.165) is 0 Å². The molecule has 1 amide bonds. The summed E-state index contributed by atoms with van der Waals surface area (Å²) in [7, 11) is 0. The van der Waals surface area contributed by atoms with E-state index in [-0.39, 0.29) is 23.1 Å². The number of ketones is 1. The fourth-order valence-corrected chi connectivity index (χ4v) is 4.53. The summed E-state index contributed by atoms with van der Waals surface area (Å²) in [6, 6.07) is 27.1. The molecule has 0 bridgehead atoms. The number of rotatable bonds is 7. The molecular formula is C32H26FNO5. The molecule has 196 valence electrons. The number of Topliss-reactive ketones (excluding diaryl/α,β-unsaturated/α-hetero) is 1. The summed E-state index contributed by atoms with van der Waals surface area (Å²) in [6.45, 7) is 3.80. The van der Waals surface area contributed by atoms with Crippen LogP contribution in [0.4, 0.5) is 10.1 Å². The molecule has 1 aliphatic rings. The number of carbonyl (C=O) groups is 2. The van der Waals surface area contributed by atoms with Crippen LogP contribution in [0.3, 0.4) is 0 Å². The van der Waals surface area contributed by atoms with E-state index >= 15 is 0 Å². The number of aliphatic hydroxyl groups excluding tert-OH is 1. The number of nitrogens with zero attached hydrogens (tertiary/aromatic N) is 1. The van der Waals surface area contributed by atoms with Crippen molar-refractivity contribution >= 4 is 23.1 Å². The van der Waals surface area contributed by atoms with Crippen molar-refractivity contribution in [3.05, 3.63) is 126 Å². The molecule has 1 fully saturated rings. The predicted octanol–water partition coefficient (Wildman–Crippen LogP) is 7.03. The molecule has 4 aromatic carbocycles. The van der Waals surface area contributed by atoms with Crippen molar-refractivity contribution in [1.29, 1.82) is 0 Å². The number of benzene rings is 4. The third-order valence-corrected chi connectivity index (χ3v) is 6.18. The van der Waals surface area contributed by atoms with E-state index < -0.39 is 23.5 Å². The Hall–Kier alpha value is -4.91. The Bertz CT molecular complexity index is 1550. The standard InChI is InChI=1S/C32H26FNO5/c1-20(2)38-26-16-14-21(15-17-26)30(35)28-29(34(32(37)31(28)36)24-10-7-9-23(33)19-24)22-8-6-13-27(18-22)39-25-11-4-3-5-12-25/h3-20,29,35H,1-2H3/b30-28+. The maximum atomic E-state index is 14.2. The maximum absolute atomic E-state index is 14.2. The number of carbonyl (C=O) groups excluding carboxylic acids is 2. The number of aliphatic hydroxyl groups is 1. The predicted molar refractivity (Wildman–Crippen MR) is 146 cm³/mol. The third kappa shape index (κ3) is 5.38. The first-order valence-electron chi connectivity index (χ1n) is 12.5. The molecule has 0 radical (unpaired) electrons. The van der Waals surface area contributed by atoms with Crippen molar-refractivity contribution in [1.82, 2.24) is 0 Å². The number of amides is 1. The van der Waals surface area contributed by atoms with Gasteiger partial charge in [-0.3, -0.25) is 14.5 Å². The fraction of sp³-hybridized carbons (Fsp3) is 0.125. The van der Waals surface area contributed by atoms with Gasteiger partial charge in [0.25, 0.3) is 11.7 Å². The van der Waals surface area contributed by atoms with Crippen molar-refractivity contribution in [2.75, 3.05) is 4.90 Å². The molecule has 1 unspecified atom stereocenters. The van der Waals surface area contributed by atoms with Crippen LogP contribution in [0.15, 0.2) is 109 Å². The zero-order valence-corrected chi connectivity index (χ0v) is 21.4. The number of ether oxygens (including phenoxy) is 2. The number of halogens is 1. The van der Waals surface area contributed by atoms with Crippen LogP contribution in [0.5, 0.6) is 17.2 Å². The fourth-order valence-electron chi connectivity index (χ4n) is 4.53. The summed E-state index contributed by atoms with van der Waals surface area (Å²) in [5, 5.41) is 11.4. The van der Waals surface area contributed by atoms with Gasteiger partial charge in [-0.25, -0.2) is 4.39 Å². The van der Waals surface area contributed by atoms with Crippen LogP contribution in [0.25, 0.3) is 5.76 Å². The lowest BCUT2D eigenvalue weighted by Gasteiger charge is -2.26. The molecule has 0 spiro atoms. The molecule has 0 saturated carbocycles. The first-order chi connectivity index (χ1) is 18.8. The number of anilines is 1. The second-order valence-electron chi connectivity index (χ2n) is 9.33. The molecule has 1 saturated heterocycles. The summed E-state index contributed by atoms with van der Waals surface area (Å²) in [6.07, 6.45) is -0.0357. The van der Waals surface area contributed by atoms with Gasteiger partial charge in [0.2, 0.25) is 0 Å². The molecule has 0 aromatic heterocycles. The van der Waals surface area contributed by atoms with Crippen molar-refractivity contribution in [2.45, 2.75) is 26.0 Å². The van der Waals surface area contributed by atoms with E-state index in [1.54, 1.807) is 66.7 Å². The monoisotopic (exact) mass is 523 g/mol. The smallest absolute Gasteiger partial charge is 0.300 e. The van der Waals surface area contributed by atoms with E-state index in [4.69, 9.17) is 9.47 Å². The molecule has 6 nitrogen and oxygen atoms in total. The highest BCUT2D eigenvalue weighted by atomic mass is 19.1. The molecule has 1 heterocycles. The molecule has 0 aliphatic carbocycles. The van der Waals surface area contributed by atoms with E-state index in [0.29, 0.717) is 28.4 Å². The average molecular weight is 524 g/mol. The zero-order chi connectivity index (χ0) is 27.5. The van der Waals surface area contributed by atoms with Crippen molar-refractivity contribution in [3.8, 4) is 17.2 Å². The Labute approximate surface area is 225 Å². The summed E-state index contributed by atoms with van der Waals surface area (Å²) < 4.78 is 25.9.